The Bertz CT molecular complexity index is 607. The molecule has 0 amide bonds. The van der Waals surface area contributed by atoms with Gasteiger partial charge in [-0.15, -0.1) is 24.0 Å². The molecule has 1 aromatic carbocycles. The van der Waals surface area contributed by atoms with Gasteiger partial charge in [-0.25, -0.2) is 0 Å². The molecular formula is C20H30IN3O2. The zero-order chi connectivity index (χ0) is 18.1. The Morgan fingerprint density at radius 1 is 1.31 bits per heavy atom. The summed E-state index contributed by atoms with van der Waals surface area (Å²) in [5, 5.41) is 3.33. The van der Waals surface area contributed by atoms with Crippen LogP contribution in [0.3, 0.4) is 0 Å². The minimum Gasteiger partial charge on any atom is -0.469 e. The van der Waals surface area contributed by atoms with Crippen molar-refractivity contribution in [2.45, 2.75) is 26.7 Å². The molecule has 0 radical (unpaired) electrons. The molecule has 26 heavy (non-hydrogen) atoms. The van der Waals surface area contributed by atoms with Gasteiger partial charge in [0.2, 0.25) is 0 Å². The van der Waals surface area contributed by atoms with Gasteiger partial charge in [-0.1, -0.05) is 48.9 Å². The zero-order valence-electron chi connectivity index (χ0n) is 15.9. The lowest BCUT2D eigenvalue weighted by molar-refractivity contribution is -0.144. The predicted molar refractivity (Wildman–Crippen MR) is 118 cm³/mol. The first-order valence-electron chi connectivity index (χ1n) is 8.99. The number of aliphatic imine (C=N–C) groups is 1. The van der Waals surface area contributed by atoms with Crippen LogP contribution < -0.4 is 5.32 Å². The highest BCUT2D eigenvalue weighted by Gasteiger charge is 2.18. The summed E-state index contributed by atoms with van der Waals surface area (Å²) in [7, 11) is 1.42. The number of rotatable bonds is 5. The molecule has 0 aromatic heterocycles. The van der Waals surface area contributed by atoms with Crippen molar-refractivity contribution in [3.63, 3.8) is 0 Å². The SMILES string of the molecule is CCNC(=NCC(C)C(=O)OC)N1CCC(=Cc2ccccc2)CC1.I. The topological polar surface area (TPSA) is 53.9 Å². The van der Waals surface area contributed by atoms with Crippen LogP contribution in [0.25, 0.3) is 6.08 Å². The second-order valence-electron chi connectivity index (χ2n) is 6.32. The fraction of sp³-hybridized carbons (Fsp3) is 0.500. The van der Waals surface area contributed by atoms with Gasteiger partial charge in [0.25, 0.3) is 0 Å². The molecule has 1 aliphatic heterocycles. The van der Waals surface area contributed by atoms with Crippen molar-refractivity contribution < 1.29 is 9.53 Å². The number of halogens is 1. The van der Waals surface area contributed by atoms with Crippen LogP contribution in [0.1, 0.15) is 32.3 Å². The summed E-state index contributed by atoms with van der Waals surface area (Å²) in [6.45, 7) is 7.04. The van der Waals surface area contributed by atoms with E-state index in [2.05, 4.69) is 52.5 Å². The molecule has 0 bridgehead atoms. The van der Waals surface area contributed by atoms with Crippen molar-refractivity contribution in [1.29, 1.82) is 0 Å². The molecule has 1 unspecified atom stereocenters. The van der Waals surface area contributed by atoms with Crippen molar-refractivity contribution in [3.05, 3.63) is 41.5 Å². The first-order valence-corrected chi connectivity index (χ1v) is 8.99. The first-order chi connectivity index (χ1) is 12.1. The average molecular weight is 471 g/mol. The molecule has 1 aromatic rings. The molecular weight excluding hydrogens is 441 g/mol. The van der Waals surface area contributed by atoms with E-state index in [4.69, 9.17) is 4.74 Å². The molecule has 0 spiro atoms. The van der Waals surface area contributed by atoms with Crippen molar-refractivity contribution in [2.24, 2.45) is 10.9 Å². The lowest BCUT2D eigenvalue weighted by Crippen LogP contribution is -2.44. The van der Waals surface area contributed by atoms with E-state index >= 15 is 0 Å². The van der Waals surface area contributed by atoms with Gasteiger partial charge >= 0.3 is 5.97 Å². The quantitative estimate of drug-likeness (QED) is 0.309. The molecule has 1 heterocycles. The van der Waals surface area contributed by atoms with Crippen LogP contribution in [0.4, 0.5) is 0 Å². The number of methoxy groups -OCH3 is 1. The third-order valence-corrected chi connectivity index (χ3v) is 4.33. The molecule has 144 valence electrons. The Kier molecular flexibility index (Phi) is 10.3. The van der Waals surface area contributed by atoms with Gasteiger partial charge in [0.1, 0.15) is 0 Å². The van der Waals surface area contributed by atoms with Gasteiger partial charge in [-0.3, -0.25) is 9.79 Å². The minimum atomic E-state index is -0.225. The second kappa shape index (κ2) is 11.9. The Morgan fingerprint density at radius 2 is 1.96 bits per heavy atom. The maximum atomic E-state index is 11.5. The van der Waals surface area contributed by atoms with Crippen molar-refractivity contribution in [1.82, 2.24) is 10.2 Å². The van der Waals surface area contributed by atoms with E-state index in [-0.39, 0.29) is 35.9 Å². The molecule has 1 aliphatic rings. The maximum absolute atomic E-state index is 11.5. The number of piperidine rings is 1. The molecule has 1 N–H and O–H groups in total. The van der Waals surface area contributed by atoms with E-state index < -0.39 is 0 Å². The molecule has 6 heteroatoms. The summed E-state index contributed by atoms with van der Waals surface area (Å²) in [5.74, 6) is 0.445. The Morgan fingerprint density at radius 3 is 2.54 bits per heavy atom. The van der Waals surface area contributed by atoms with Gasteiger partial charge < -0.3 is 15.0 Å². The third-order valence-electron chi connectivity index (χ3n) is 4.33. The highest BCUT2D eigenvalue weighted by molar-refractivity contribution is 14.0. The summed E-state index contributed by atoms with van der Waals surface area (Å²) in [5.41, 5.74) is 2.74. The number of esters is 1. The Labute approximate surface area is 173 Å². The van der Waals surface area contributed by atoms with E-state index in [0.29, 0.717) is 6.54 Å². The highest BCUT2D eigenvalue weighted by atomic mass is 127. The number of carbonyl (C=O) groups excluding carboxylic acids is 1. The number of nitrogens with zero attached hydrogens (tertiary/aromatic N) is 2. The Hall–Kier alpha value is -1.57. The van der Waals surface area contributed by atoms with Crippen LogP contribution in [-0.2, 0) is 9.53 Å². The fourth-order valence-electron chi connectivity index (χ4n) is 2.86. The number of nitrogens with one attached hydrogen (secondary N) is 1. The van der Waals surface area contributed by atoms with Gasteiger partial charge in [0.05, 0.1) is 19.6 Å². The number of ether oxygens (including phenoxy) is 1. The van der Waals surface area contributed by atoms with E-state index in [0.717, 1.165) is 38.4 Å². The van der Waals surface area contributed by atoms with E-state index in [9.17, 15) is 4.79 Å². The fourth-order valence-corrected chi connectivity index (χ4v) is 2.86. The Balaban J connectivity index is 0.00000338. The summed E-state index contributed by atoms with van der Waals surface area (Å²) in [6, 6.07) is 10.5. The number of guanidine groups is 1. The number of carbonyl (C=O) groups is 1. The van der Waals surface area contributed by atoms with Crippen LogP contribution in [-0.4, -0.2) is 50.1 Å². The number of hydrogen-bond donors (Lipinski definition) is 1. The molecule has 1 saturated heterocycles. The molecule has 5 nitrogen and oxygen atoms in total. The minimum absolute atomic E-state index is 0. The van der Waals surface area contributed by atoms with Gasteiger partial charge in [0, 0.05) is 19.6 Å². The molecule has 1 atom stereocenters. The highest BCUT2D eigenvalue weighted by Crippen LogP contribution is 2.19. The molecule has 0 aliphatic carbocycles. The van der Waals surface area contributed by atoms with Gasteiger partial charge in [0.15, 0.2) is 5.96 Å². The second-order valence-corrected chi connectivity index (χ2v) is 6.32. The maximum Gasteiger partial charge on any atom is 0.310 e. The largest absolute Gasteiger partial charge is 0.469 e. The summed E-state index contributed by atoms with van der Waals surface area (Å²) < 4.78 is 4.77. The van der Waals surface area contributed by atoms with Crippen LogP contribution in [0, 0.1) is 5.92 Å². The van der Waals surface area contributed by atoms with Gasteiger partial charge in [-0.05, 0) is 25.3 Å². The normalized spacial score (nSPS) is 15.7. The number of benzene rings is 1. The third kappa shape index (κ3) is 6.97. The average Bonchev–Trinajstić information content (AvgIpc) is 2.65. The first kappa shape index (κ1) is 22.5. The molecule has 1 fully saturated rings. The van der Waals surface area contributed by atoms with Crippen LogP contribution in [0.5, 0.6) is 0 Å². The van der Waals surface area contributed by atoms with Crippen LogP contribution >= 0.6 is 24.0 Å². The van der Waals surface area contributed by atoms with Gasteiger partial charge in [-0.2, -0.15) is 0 Å². The summed E-state index contributed by atoms with van der Waals surface area (Å²) in [4.78, 5) is 18.4. The zero-order valence-corrected chi connectivity index (χ0v) is 18.2. The summed E-state index contributed by atoms with van der Waals surface area (Å²) >= 11 is 0. The lowest BCUT2D eigenvalue weighted by Gasteiger charge is -2.31. The lowest BCUT2D eigenvalue weighted by atomic mass is 10.0. The van der Waals surface area contributed by atoms with E-state index in [1.165, 1.54) is 18.2 Å². The van der Waals surface area contributed by atoms with E-state index in [1.54, 1.807) is 0 Å². The van der Waals surface area contributed by atoms with Crippen molar-refractivity contribution in [2.75, 3.05) is 33.3 Å². The number of likely N-dealkylation sites (tertiary alicyclic amines) is 1. The molecule has 0 saturated carbocycles. The monoisotopic (exact) mass is 471 g/mol. The standard InChI is InChI=1S/C20H29N3O2.HI/c1-4-21-20(22-15-16(2)19(24)25-3)23-12-10-18(11-13-23)14-17-8-6-5-7-9-17;/h5-9,14,16H,4,10-13,15H2,1-3H3,(H,21,22);1H. The van der Waals surface area contributed by atoms with Crippen molar-refractivity contribution >= 4 is 42.0 Å². The predicted octanol–water partition coefficient (Wildman–Crippen LogP) is 3.56. The number of hydrogen-bond acceptors (Lipinski definition) is 3. The van der Waals surface area contributed by atoms with Crippen LogP contribution in [0.15, 0.2) is 40.9 Å². The molecule has 2 rings (SSSR count). The van der Waals surface area contributed by atoms with Crippen molar-refractivity contribution in [3.8, 4) is 0 Å². The van der Waals surface area contributed by atoms with E-state index in [1.807, 2.05) is 13.0 Å². The smallest absolute Gasteiger partial charge is 0.310 e. The van der Waals surface area contributed by atoms with Crippen LogP contribution in [0.2, 0.25) is 0 Å². The summed E-state index contributed by atoms with van der Waals surface area (Å²) in [6.07, 6.45) is 4.36.